The fraction of sp³-hybridized carbons (Fsp3) is 0.0833. The second-order valence-corrected chi connectivity index (χ2v) is 6.49. The molecule has 0 radical (unpaired) electrons. The molecule has 0 bridgehead atoms. The zero-order valence-corrected chi connectivity index (χ0v) is 15.8. The summed E-state index contributed by atoms with van der Waals surface area (Å²) in [5.74, 6) is -0.207. The minimum absolute atomic E-state index is 0.0388. The molecule has 1 aromatic heterocycles. The first-order chi connectivity index (χ1) is 14.2. The Labute approximate surface area is 167 Å². The maximum Gasteiger partial charge on any atom is 0.338 e. The summed E-state index contributed by atoms with van der Waals surface area (Å²) in [6.07, 6.45) is 1.80. The van der Waals surface area contributed by atoms with Crippen LogP contribution >= 0.6 is 0 Å². The van der Waals surface area contributed by atoms with Crippen molar-refractivity contribution in [1.29, 1.82) is 0 Å². The standard InChI is InChI=1S/C24H18FNO3/c1-28-20-7-4-6-17(13-20)23-22(21-8-3-2-5-18(21)14-26-23)15-29-24(27)16-9-11-19(25)12-10-16/h2-14H,15H2,1H3. The highest BCUT2D eigenvalue weighted by Crippen LogP contribution is 2.31. The van der Waals surface area contributed by atoms with Gasteiger partial charge in [0.05, 0.1) is 18.4 Å². The number of ether oxygens (including phenoxy) is 2. The lowest BCUT2D eigenvalue weighted by atomic mass is 10.00. The van der Waals surface area contributed by atoms with Gasteiger partial charge in [0.2, 0.25) is 0 Å². The van der Waals surface area contributed by atoms with Gasteiger partial charge in [0, 0.05) is 22.7 Å². The van der Waals surface area contributed by atoms with Crippen LogP contribution in [0.2, 0.25) is 0 Å². The molecule has 0 fully saturated rings. The van der Waals surface area contributed by atoms with E-state index in [1.165, 1.54) is 24.3 Å². The molecule has 4 rings (SSSR count). The van der Waals surface area contributed by atoms with E-state index in [9.17, 15) is 9.18 Å². The topological polar surface area (TPSA) is 48.4 Å². The minimum Gasteiger partial charge on any atom is -0.497 e. The molecule has 0 saturated heterocycles. The molecule has 0 aliphatic rings. The van der Waals surface area contributed by atoms with Crippen molar-refractivity contribution in [2.75, 3.05) is 7.11 Å². The molecule has 0 aliphatic carbocycles. The van der Waals surface area contributed by atoms with E-state index in [-0.39, 0.29) is 6.61 Å². The van der Waals surface area contributed by atoms with Gasteiger partial charge in [0.1, 0.15) is 18.2 Å². The highest BCUT2D eigenvalue weighted by Gasteiger charge is 2.15. The molecule has 0 aliphatic heterocycles. The fourth-order valence-electron chi connectivity index (χ4n) is 3.20. The van der Waals surface area contributed by atoms with Crippen molar-refractivity contribution in [2.24, 2.45) is 0 Å². The van der Waals surface area contributed by atoms with Crippen LogP contribution in [0, 0.1) is 5.82 Å². The first-order valence-corrected chi connectivity index (χ1v) is 9.09. The number of pyridine rings is 1. The number of esters is 1. The molecule has 4 nitrogen and oxygen atoms in total. The van der Waals surface area contributed by atoms with Crippen molar-refractivity contribution in [1.82, 2.24) is 4.98 Å². The second-order valence-electron chi connectivity index (χ2n) is 6.49. The molecule has 0 spiro atoms. The van der Waals surface area contributed by atoms with Crippen LogP contribution in [-0.4, -0.2) is 18.1 Å². The molecular formula is C24H18FNO3. The van der Waals surface area contributed by atoms with Gasteiger partial charge in [-0.2, -0.15) is 0 Å². The van der Waals surface area contributed by atoms with Crippen molar-refractivity contribution in [3.05, 3.63) is 95.9 Å². The highest BCUT2D eigenvalue weighted by atomic mass is 19.1. The van der Waals surface area contributed by atoms with Crippen LogP contribution < -0.4 is 4.74 Å². The number of nitrogens with zero attached hydrogens (tertiary/aromatic N) is 1. The van der Waals surface area contributed by atoms with Gasteiger partial charge in [-0.05, 0) is 41.8 Å². The molecule has 144 valence electrons. The van der Waals surface area contributed by atoms with E-state index in [1.54, 1.807) is 13.3 Å². The average Bonchev–Trinajstić information content (AvgIpc) is 2.77. The summed E-state index contributed by atoms with van der Waals surface area (Å²) in [6.45, 7) is 0.0388. The lowest BCUT2D eigenvalue weighted by molar-refractivity contribution is 0.0474. The van der Waals surface area contributed by atoms with E-state index in [1.807, 2.05) is 48.5 Å². The van der Waals surface area contributed by atoms with E-state index in [4.69, 9.17) is 9.47 Å². The number of aromatic nitrogens is 1. The SMILES string of the molecule is COc1cccc(-c2ncc3ccccc3c2COC(=O)c2ccc(F)cc2)c1. The van der Waals surface area contributed by atoms with Crippen LogP contribution in [0.1, 0.15) is 15.9 Å². The minimum atomic E-state index is -0.519. The van der Waals surface area contributed by atoms with E-state index in [0.717, 1.165) is 27.6 Å². The van der Waals surface area contributed by atoms with Crippen LogP contribution in [0.3, 0.4) is 0 Å². The third-order valence-electron chi connectivity index (χ3n) is 4.68. The van der Waals surface area contributed by atoms with E-state index in [0.29, 0.717) is 11.3 Å². The van der Waals surface area contributed by atoms with E-state index in [2.05, 4.69) is 4.98 Å². The summed E-state index contributed by atoms with van der Waals surface area (Å²) < 4.78 is 24.0. The quantitative estimate of drug-likeness (QED) is 0.430. The monoisotopic (exact) mass is 387 g/mol. The summed E-state index contributed by atoms with van der Waals surface area (Å²) in [7, 11) is 1.61. The first-order valence-electron chi connectivity index (χ1n) is 9.09. The number of carbonyl (C=O) groups is 1. The van der Waals surface area contributed by atoms with Gasteiger partial charge in [0.25, 0.3) is 0 Å². The van der Waals surface area contributed by atoms with Crippen molar-refractivity contribution in [3.63, 3.8) is 0 Å². The number of hydrogen-bond acceptors (Lipinski definition) is 4. The third kappa shape index (κ3) is 3.94. The van der Waals surface area contributed by atoms with Crippen molar-refractivity contribution in [3.8, 4) is 17.0 Å². The van der Waals surface area contributed by atoms with Gasteiger partial charge in [0.15, 0.2) is 0 Å². The van der Waals surface area contributed by atoms with Crippen LogP contribution in [-0.2, 0) is 11.3 Å². The zero-order chi connectivity index (χ0) is 20.2. The number of hydrogen-bond donors (Lipinski definition) is 0. The predicted octanol–water partition coefficient (Wildman–Crippen LogP) is 5.41. The molecule has 0 atom stereocenters. The van der Waals surface area contributed by atoms with Gasteiger partial charge in [-0.25, -0.2) is 9.18 Å². The van der Waals surface area contributed by atoms with Gasteiger partial charge in [-0.15, -0.1) is 0 Å². The molecular weight excluding hydrogens is 369 g/mol. The lowest BCUT2D eigenvalue weighted by Crippen LogP contribution is -2.07. The molecule has 0 unspecified atom stereocenters. The molecule has 0 saturated carbocycles. The summed E-state index contributed by atoms with van der Waals surface area (Å²) >= 11 is 0. The molecule has 4 aromatic rings. The van der Waals surface area contributed by atoms with Gasteiger partial charge in [-0.3, -0.25) is 4.98 Å². The van der Waals surface area contributed by atoms with Crippen molar-refractivity contribution in [2.45, 2.75) is 6.61 Å². The molecule has 29 heavy (non-hydrogen) atoms. The normalized spacial score (nSPS) is 10.7. The van der Waals surface area contributed by atoms with Gasteiger partial charge in [-0.1, -0.05) is 36.4 Å². The van der Waals surface area contributed by atoms with E-state index >= 15 is 0 Å². The Morgan fingerprint density at radius 3 is 2.59 bits per heavy atom. The average molecular weight is 387 g/mol. The molecule has 5 heteroatoms. The summed E-state index contributed by atoms with van der Waals surface area (Å²) in [5, 5.41) is 1.90. The Balaban J connectivity index is 1.72. The number of halogens is 1. The molecule has 0 amide bonds. The third-order valence-corrected chi connectivity index (χ3v) is 4.68. The van der Waals surface area contributed by atoms with Crippen LogP contribution in [0.4, 0.5) is 4.39 Å². The summed E-state index contributed by atoms with van der Waals surface area (Å²) in [4.78, 5) is 17.0. The first kappa shape index (κ1) is 18.6. The van der Waals surface area contributed by atoms with Crippen LogP contribution in [0.25, 0.3) is 22.0 Å². The second kappa shape index (κ2) is 8.10. The Bertz CT molecular complexity index is 1170. The maximum atomic E-state index is 13.1. The number of methoxy groups -OCH3 is 1. The fourth-order valence-corrected chi connectivity index (χ4v) is 3.20. The van der Waals surface area contributed by atoms with Gasteiger partial charge >= 0.3 is 5.97 Å². The Morgan fingerprint density at radius 1 is 1.00 bits per heavy atom. The number of fused-ring (bicyclic) bond motifs is 1. The Kier molecular flexibility index (Phi) is 5.20. The largest absolute Gasteiger partial charge is 0.497 e. The Morgan fingerprint density at radius 2 is 1.79 bits per heavy atom. The maximum absolute atomic E-state index is 13.1. The van der Waals surface area contributed by atoms with E-state index < -0.39 is 11.8 Å². The zero-order valence-electron chi connectivity index (χ0n) is 15.8. The van der Waals surface area contributed by atoms with Gasteiger partial charge < -0.3 is 9.47 Å². The highest BCUT2D eigenvalue weighted by molar-refractivity contribution is 5.91. The molecule has 3 aromatic carbocycles. The Hall–Kier alpha value is -3.73. The molecule has 1 heterocycles. The number of benzene rings is 3. The lowest BCUT2D eigenvalue weighted by Gasteiger charge is -2.14. The summed E-state index contributed by atoms with van der Waals surface area (Å²) in [5.41, 5.74) is 2.67. The number of rotatable bonds is 5. The van der Waals surface area contributed by atoms with Crippen molar-refractivity contribution < 1.29 is 18.7 Å². The van der Waals surface area contributed by atoms with Crippen LogP contribution in [0.15, 0.2) is 79.0 Å². The summed E-state index contributed by atoms with van der Waals surface area (Å²) in [6, 6.07) is 20.7. The predicted molar refractivity (Wildman–Crippen MR) is 109 cm³/mol. The molecule has 0 N–H and O–H groups in total. The number of carbonyl (C=O) groups excluding carboxylic acids is 1. The smallest absolute Gasteiger partial charge is 0.338 e. The van der Waals surface area contributed by atoms with Crippen molar-refractivity contribution >= 4 is 16.7 Å². The van der Waals surface area contributed by atoms with Crippen LogP contribution in [0.5, 0.6) is 5.75 Å².